The Morgan fingerprint density at radius 2 is 2.30 bits per heavy atom. The van der Waals surface area contributed by atoms with Gasteiger partial charge in [0.2, 0.25) is 0 Å². The zero-order valence-corrected chi connectivity index (χ0v) is 14.1. The second kappa shape index (κ2) is 7.96. The molecule has 2 heterocycles. The standard InChI is InChI=1S/C14H22F3N5S/c1-10-7-20-12(23-10)3-5-19-13(18-2)21-11-4-6-22(8-11)9-14(15,16)17/h7,11H,3-6,8-9H2,1-2H3,(H2,18,19,21). The van der Waals surface area contributed by atoms with E-state index in [1.807, 2.05) is 13.1 Å². The molecule has 1 aliphatic rings. The van der Waals surface area contributed by atoms with Gasteiger partial charge in [-0.1, -0.05) is 0 Å². The fourth-order valence-electron chi connectivity index (χ4n) is 2.54. The smallest absolute Gasteiger partial charge is 0.356 e. The van der Waals surface area contributed by atoms with Gasteiger partial charge < -0.3 is 10.6 Å². The fourth-order valence-corrected chi connectivity index (χ4v) is 3.33. The van der Waals surface area contributed by atoms with E-state index in [2.05, 4.69) is 20.6 Å². The number of thiazole rings is 1. The van der Waals surface area contributed by atoms with Gasteiger partial charge in [0.15, 0.2) is 5.96 Å². The van der Waals surface area contributed by atoms with Crippen molar-refractivity contribution in [3.63, 3.8) is 0 Å². The number of aliphatic imine (C=N–C) groups is 1. The highest BCUT2D eigenvalue weighted by Gasteiger charge is 2.34. The third kappa shape index (κ3) is 6.34. The molecule has 0 spiro atoms. The number of nitrogens with zero attached hydrogens (tertiary/aromatic N) is 3. The molecule has 23 heavy (non-hydrogen) atoms. The van der Waals surface area contributed by atoms with E-state index in [0.29, 0.717) is 32.0 Å². The maximum absolute atomic E-state index is 12.4. The maximum atomic E-state index is 12.4. The molecule has 1 aromatic rings. The SMILES string of the molecule is CN=C(NCCc1ncc(C)s1)NC1CCN(CC(F)(F)F)C1. The van der Waals surface area contributed by atoms with Gasteiger partial charge in [0, 0.05) is 50.2 Å². The summed E-state index contributed by atoms with van der Waals surface area (Å²) < 4.78 is 37.2. The van der Waals surface area contributed by atoms with E-state index in [1.54, 1.807) is 18.4 Å². The van der Waals surface area contributed by atoms with Crippen molar-refractivity contribution in [1.82, 2.24) is 20.5 Å². The van der Waals surface area contributed by atoms with Crippen LogP contribution in [0.2, 0.25) is 0 Å². The molecule has 130 valence electrons. The maximum Gasteiger partial charge on any atom is 0.401 e. The van der Waals surface area contributed by atoms with Gasteiger partial charge in [-0.25, -0.2) is 4.98 Å². The second-order valence-electron chi connectivity index (χ2n) is 5.59. The first-order chi connectivity index (χ1) is 10.9. The van der Waals surface area contributed by atoms with Gasteiger partial charge in [-0.15, -0.1) is 11.3 Å². The van der Waals surface area contributed by atoms with Crippen molar-refractivity contribution in [2.24, 2.45) is 4.99 Å². The lowest BCUT2D eigenvalue weighted by Gasteiger charge is -2.19. The highest BCUT2D eigenvalue weighted by molar-refractivity contribution is 7.11. The van der Waals surface area contributed by atoms with Crippen LogP contribution in [0.4, 0.5) is 13.2 Å². The lowest BCUT2D eigenvalue weighted by atomic mass is 10.3. The number of hydrogen-bond donors (Lipinski definition) is 2. The van der Waals surface area contributed by atoms with Gasteiger partial charge in [-0.05, 0) is 13.3 Å². The number of rotatable bonds is 5. The number of likely N-dealkylation sites (tertiary alicyclic amines) is 1. The van der Waals surface area contributed by atoms with Crippen LogP contribution < -0.4 is 10.6 Å². The van der Waals surface area contributed by atoms with E-state index in [0.717, 1.165) is 11.4 Å². The molecule has 0 saturated carbocycles. The molecule has 1 atom stereocenters. The minimum absolute atomic E-state index is 0.00865. The summed E-state index contributed by atoms with van der Waals surface area (Å²) in [5.41, 5.74) is 0. The van der Waals surface area contributed by atoms with Crippen molar-refractivity contribution in [1.29, 1.82) is 0 Å². The highest BCUT2D eigenvalue weighted by Crippen LogP contribution is 2.19. The summed E-state index contributed by atoms with van der Waals surface area (Å²) in [7, 11) is 1.66. The van der Waals surface area contributed by atoms with Crippen LogP contribution in [0.15, 0.2) is 11.2 Å². The minimum Gasteiger partial charge on any atom is -0.356 e. The Hall–Kier alpha value is -1.35. The molecular formula is C14H22F3N5S. The molecule has 0 bridgehead atoms. The van der Waals surface area contributed by atoms with Crippen molar-refractivity contribution in [2.75, 3.05) is 33.2 Å². The first-order valence-electron chi connectivity index (χ1n) is 7.53. The van der Waals surface area contributed by atoms with E-state index in [-0.39, 0.29) is 6.04 Å². The Balaban J connectivity index is 1.71. The second-order valence-corrected chi connectivity index (χ2v) is 6.91. The van der Waals surface area contributed by atoms with E-state index >= 15 is 0 Å². The normalized spacial score (nSPS) is 20.0. The number of halogens is 3. The molecule has 1 fully saturated rings. The lowest BCUT2D eigenvalue weighted by Crippen LogP contribution is -2.45. The number of aryl methyl sites for hydroxylation is 1. The number of hydrogen-bond acceptors (Lipinski definition) is 4. The topological polar surface area (TPSA) is 52.6 Å². The summed E-state index contributed by atoms with van der Waals surface area (Å²) in [6, 6.07) is -0.00865. The van der Waals surface area contributed by atoms with Gasteiger partial charge in [0.25, 0.3) is 0 Å². The van der Waals surface area contributed by atoms with E-state index in [4.69, 9.17) is 0 Å². The molecule has 5 nitrogen and oxygen atoms in total. The molecule has 1 saturated heterocycles. The van der Waals surface area contributed by atoms with E-state index < -0.39 is 12.7 Å². The minimum atomic E-state index is -4.14. The average molecular weight is 349 g/mol. The fraction of sp³-hybridized carbons (Fsp3) is 0.714. The molecule has 1 unspecified atom stereocenters. The van der Waals surface area contributed by atoms with Gasteiger partial charge in [-0.2, -0.15) is 13.2 Å². The van der Waals surface area contributed by atoms with Crippen molar-refractivity contribution in [3.8, 4) is 0 Å². The van der Waals surface area contributed by atoms with Crippen molar-refractivity contribution in [3.05, 3.63) is 16.1 Å². The summed E-state index contributed by atoms with van der Waals surface area (Å²) in [5.74, 6) is 0.622. The van der Waals surface area contributed by atoms with Gasteiger partial charge in [-0.3, -0.25) is 9.89 Å². The van der Waals surface area contributed by atoms with Gasteiger partial charge in [0.05, 0.1) is 11.6 Å². The lowest BCUT2D eigenvalue weighted by molar-refractivity contribution is -0.143. The summed E-state index contributed by atoms with van der Waals surface area (Å²) >= 11 is 1.66. The molecule has 2 rings (SSSR count). The molecule has 0 amide bonds. The van der Waals surface area contributed by atoms with Crippen LogP contribution in [0.1, 0.15) is 16.3 Å². The van der Waals surface area contributed by atoms with Gasteiger partial charge >= 0.3 is 6.18 Å². The Bertz CT molecular complexity index is 529. The molecule has 1 aromatic heterocycles. The summed E-state index contributed by atoms with van der Waals surface area (Å²) in [5, 5.41) is 7.43. The molecule has 1 aliphatic heterocycles. The van der Waals surface area contributed by atoms with Crippen LogP contribution in [0.25, 0.3) is 0 Å². The third-order valence-electron chi connectivity index (χ3n) is 3.54. The first-order valence-corrected chi connectivity index (χ1v) is 8.35. The molecule has 0 aromatic carbocycles. The van der Waals surface area contributed by atoms with Crippen LogP contribution in [0.5, 0.6) is 0 Å². The molecule has 2 N–H and O–H groups in total. The number of guanidine groups is 1. The van der Waals surface area contributed by atoms with Crippen LogP contribution in [0.3, 0.4) is 0 Å². The van der Waals surface area contributed by atoms with E-state index in [9.17, 15) is 13.2 Å². The van der Waals surface area contributed by atoms with Crippen LogP contribution in [-0.4, -0.2) is 61.3 Å². The quantitative estimate of drug-likeness (QED) is 0.629. The first kappa shape index (κ1) is 18.0. The zero-order chi connectivity index (χ0) is 16.9. The number of aromatic nitrogens is 1. The van der Waals surface area contributed by atoms with Crippen molar-refractivity contribution in [2.45, 2.75) is 32.0 Å². The van der Waals surface area contributed by atoms with E-state index in [1.165, 1.54) is 9.78 Å². The molecule has 0 radical (unpaired) electrons. The van der Waals surface area contributed by atoms with Crippen molar-refractivity contribution < 1.29 is 13.2 Å². The predicted octanol–water partition coefficient (Wildman–Crippen LogP) is 1.80. The Morgan fingerprint density at radius 3 is 2.91 bits per heavy atom. The largest absolute Gasteiger partial charge is 0.401 e. The predicted molar refractivity (Wildman–Crippen MR) is 86.0 cm³/mol. The van der Waals surface area contributed by atoms with Crippen LogP contribution >= 0.6 is 11.3 Å². The number of alkyl halides is 3. The van der Waals surface area contributed by atoms with Crippen molar-refractivity contribution >= 4 is 17.3 Å². The highest BCUT2D eigenvalue weighted by atomic mass is 32.1. The summed E-state index contributed by atoms with van der Waals surface area (Å²) in [6.45, 7) is 2.69. The van der Waals surface area contributed by atoms with Crippen LogP contribution in [0, 0.1) is 6.92 Å². The summed E-state index contributed by atoms with van der Waals surface area (Å²) in [4.78, 5) is 11.0. The molecular weight excluding hydrogens is 327 g/mol. The Morgan fingerprint density at radius 1 is 1.52 bits per heavy atom. The zero-order valence-electron chi connectivity index (χ0n) is 13.3. The molecule has 0 aliphatic carbocycles. The summed E-state index contributed by atoms with van der Waals surface area (Å²) in [6.07, 6.45) is -0.811. The van der Waals surface area contributed by atoms with Crippen LogP contribution in [-0.2, 0) is 6.42 Å². The monoisotopic (exact) mass is 349 g/mol. The Kier molecular flexibility index (Phi) is 6.23. The average Bonchev–Trinajstić information content (AvgIpc) is 3.05. The third-order valence-corrected chi connectivity index (χ3v) is 4.51. The molecule has 9 heteroatoms. The number of nitrogens with one attached hydrogen (secondary N) is 2. The Labute approximate surface area is 138 Å². The van der Waals surface area contributed by atoms with Gasteiger partial charge in [0.1, 0.15) is 0 Å².